The van der Waals surface area contributed by atoms with Gasteiger partial charge in [0.1, 0.15) is 5.60 Å². The van der Waals surface area contributed by atoms with Gasteiger partial charge >= 0.3 is 12.1 Å². The minimum Gasteiger partial charge on any atom is -0.444 e. The maximum Gasteiger partial charge on any atom is 0.407 e. The molecule has 1 aromatic carbocycles. The highest BCUT2D eigenvalue weighted by atomic mass is 16.6. The molecule has 3 amide bonds. The Labute approximate surface area is 149 Å². The third-order valence-electron chi connectivity index (χ3n) is 3.57. The second kappa shape index (κ2) is 9.15. The van der Waals surface area contributed by atoms with Gasteiger partial charge in [-0.3, -0.25) is 0 Å². The number of urea groups is 1. The lowest BCUT2D eigenvalue weighted by Gasteiger charge is -2.24. The van der Waals surface area contributed by atoms with Crippen molar-refractivity contribution in [3.8, 4) is 0 Å². The Hall–Kier alpha value is -2.44. The van der Waals surface area contributed by atoms with Crippen LogP contribution >= 0.6 is 0 Å². The first-order valence-corrected chi connectivity index (χ1v) is 8.44. The zero-order valence-corrected chi connectivity index (χ0v) is 15.7. The van der Waals surface area contributed by atoms with E-state index in [9.17, 15) is 9.59 Å². The highest BCUT2D eigenvalue weighted by Crippen LogP contribution is 2.16. The van der Waals surface area contributed by atoms with Crippen molar-refractivity contribution in [2.75, 3.05) is 23.7 Å². The number of alkyl carbamates (subject to hydrolysis) is 1. The van der Waals surface area contributed by atoms with Gasteiger partial charge in [0.15, 0.2) is 0 Å². The van der Waals surface area contributed by atoms with Crippen LogP contribution in [0.25, 0.3) is 0 Å². The summed E-state index contributed by atoms with van der Waals surface area (Å²) in [4.78, 5) is 22.6. The van der Waals surface area contributed by atoms with Crippen molar-refractivity contribution < 1.29 is 14.3 Å². The molecule has 0 spiro atoms. The molecule has 7 nitrogen and oxygen atoms in total. The molecule has 0 saturated carbocycles. The molecule has 0 heterocycles. The highest BCUT2D eigenvalue weighted by Gasteiger charge is 2.19. The molecule has 1 unspecified atom stereocenters. The minimum atomic E-state index is -0.589. The second-order valence-corrected chi connectivity index (χ2v) is 7.33. The Bertz CT molecular complexity index is 565. The van der Waals surface area contributed by atoms with Crippen LogP contribution in [0.2, 0.25) is 0 Å². The van der Waals surface area contributed by atoms with Crippen molar-refractivity contribution in [1.82, 2.24) is 5.32 Å². The number of primary amides is 1. The van der Waals surface area contributed by atoms with Gasteiger partial charge in [-0.05, 0) is 56.9 Å². The quantitative estimate of drug-likeness (QED) is 0.605. The van der Waals surface area contributed by atoms with E-state index in [1.165, 1.54) is 0 Å². The molecule has 25 heavy (non-hydrogen) atoms. The van der Waals surface area contributed by atoms with E-state index in [0.29, 0.717) is 24.7 Å². The van der Waals surface area contributed by atoms with Crippen LogP contribution in [0, 0.1) is 11.8 Å². The van der Waals surface area contributed by atoms with Crippen molar-refractivity contribution in [1.29, 1.82) is 0 Å². The van der Waals surface area contributed by atoms with Crippen molar-refractivity contribution in [3.05, 3.63) is 24.3 Å². The Morgan fingerprint density at radius 2 is 1.64 bits per heavy atom. The zero-order valence-electron chi connectivity index (χ0n) is 15.7. The third kappa shape index (κ3) is 8.83. The molecule has 0 fully saturated rings. The number of anilines is 2. The lowest BCUT2D eigenvalue weighted by Crippen LogP contribution is -2.38. The fourth-order valence-corrected chi connectivity index (χ4v) is 2.13. The number of ether oxygens (including phenoxy) is 1. The van der Waals surface area contributed by atoms with Gasteiger partial charge in [0.2, 0.25) is 0 Å². The van der Waals surface area contributed by atoms with E-state index in [0.717, 1.165) is 5.69 Å². The van der Waals surface area contributed by atoms with E-state index in [-0.39, 0.29) is 5.92 Å². The normalized spacial score (nSPS) is 12.4. The van der Waals surface area contributed by atoms with Crippen LogP contribution in [0.15, 0.2) is 24.3 Å². The number of rotatable bonds is 7. The van der Waals surface area contributed by atoms with E-state index >= 15 is 0 Å². The lowest BCUT2D eigenvalue weighted by atomic mass is 9.95. The molecule has 0 aromatic heterocycles. The molecule has 7 heteroatoms. The van der Waals surface area contributed by atoms with E-state index in [4.69, 9.17) is 10.5 Å². The lowest BCUT2D eigenvalue weighted by molar-refractivity contribution is 0.0516. The Kier molecular flexibility index (Phi) is 7.54. The van der Waals surface area contributed by atoms with Gasteiger partial charge in [-0.1, -0.05) is 13.8 Å². The Balaban J connectivity index is 2.50. The summed E-state index contributed by atoms with van der Waals surface area (Å²) in [5.74, 6) is 0.633. The summed E-state index contributed by atoms with van der Waals surface area (Å²) in [6.07, 6.45) is -0.403. The van der Waals surface area contributed by atoms with E-state index < -0.39 is 17.7 Å². The maximum absolute atomic E-state index is 11.8. The number of nitrogens with one attached hydrogen (secondary N) is 3. The van der Waals surface area contributed by atoms with Gasteiger partial charge in [0.05, 0.1) is 0 Å². The van der Waals surface area contributed by atoms with E-state index in [1.54, 1.807) is 12.1 Å². The third-order valence-corrected chi connectivity index (χ3v) is 3.57. The number of benzene rings is 1. The SMILES string of the molecule is CC(C)C(CNC(=O)OC(C)(C)C)CNc1ccc(NC(N)=O)cc1. The Morgan fingerprint density at radius 1 is 1.08 bits per heavy atom. The fraction of sp³-hybridized carbons (Fsp3) is 0.556. The molecule has 1 atom stereocenters. The molecule has 0 saturated heterocycles. The number of carbonyl (C=O) groups is 2. The van der Waals surface area contributed by atoms with Crippen molar-refractivity contribution in [2.24, 2.45) is 17.6 Å². The molecule has 5 N–H and O–H groups in total. The van der Waals surface area contributed by atoms with Crippen molar-refractivity contribution >= 4 is 23.5 Å². The Morgan fingerprint density at radius 3 is 2.12 bits per heavy atom. The zero-order chi connectivity index (χ0) is 19.0. The summed E-state index contributed by atoms with van der Waals surface area (Å²) in [6.45, 7) is 11.0. The van der Waals surface area contributed by atoms with Gasteiger partial charge in [-0.25, -0.2) is 9.59 Å². The topological polar surface area (TPSA) is 105 Å². The van der Waals surface area contributed by atoms with Crippen molar-refractivity contribution in [3.63, 3.8) is 0 Å². The molecule has 0 aliphatic rings. The number of nitrogens with two attached hydrogens (primary N) is 1. The van der Waals surface area contributed by atoms with Crippen LogP contribution in [0.5, 0.6) is 0 Å². The van der Waals surface area contributed by atoms with E-state index in [2.05, 4.69) is 29.8 Å². The average Bonchev–Trinajstić information content (AvgIpc) is 2.46. The smallest absolute Gasteiger partial charge is 0.407 e. The number of carbonyl (C=O) groups excluding carboxylic acids is 2. The fourth-order valence-electron chi connectivity index (χ4n) is 2.13. The molecular formula is C18H30N4O3. The van der Waals surface area contributed by atoms with Gasteiger partial charge in [-0.15, -0.1) is 0 Å². The average molecular weight is 350 g/mol. The van der Waals surface area contributed by atoms with Crippen LogP contribution in [0.3, 0.4) is 0 Å². The summed E-state index contributed by atoms with van der Waals surface area (Å²) in [7, 11) is 0. The molecule has 0 aliphatic carbocycles. The van der Waals surface area contributed by atoms with E-state index in [1.807, 2.05) is 32.9 Å². The van der Waals surface area contributed by atoms with Crippen LogP contribution in [-0.2, 0) is 4.74 Å². The van der Waals surface area contributed by atoms with Crippen LogP contribution in [-0.4, -0.2) is 30.8 Å². The molecule has 1 aromatic rings. The maximum atomic E-state index is 11.8. The van der Waals surface area contributed by atoms with Gasteiger partial charge < -0.3 is 26.4 Å². The first-order valence-electron chi connectivity index (χ1n) is 8.44. The first-order chi connectivity index (χ1) is 11.6. The summed E-state index contributed by atoms with van der Waals surface area (Å²) in [6, 6.07) is 6.69. The molecule has 0 bridgehead atoms. The van der Waals surface area contributed by atoms with Crippen LogP contribution < -0.4 is 21.7 Å². The monoisotopic (exact) mass is 350 g/mol. The summed E-state index contributed by atoms with van der Waals surface area (Å²) < 4.78 is 5.26. The summed E-state index contributed by atoms with van der Waals surface area (Å²) >= 11 is 0. The standard InChI is InChI=1S/C18H30N4O3/c1-12(2)13(11-21-17(24)25-18(3,4)5)10-20-14-6-8-15(9-7-14)22-16(19)23/h6-9,12-13,20H,10-11H2,1-5H3,(H,21,24)(H3,19,22,23). The minimum absolute atomic E-state index is 0.246. The predicted octanol–water partition coefficient (Wildman–Crippen LogP) is 3.39. The van der Waals surface area contributed by atoms with Gasteiger partial charge in [0.25, 0.3) is 0 Å². The number of hydrogen-bond donors (Lipinski definition) is 4. The highest BCUT2D eigenvalue weighted by molar-refractivity contribution is 5.87. The van der Waals surface area contributed by atoms with Gasteiger partial charge in [0, 0.05) is 24.5 Å². The van der Waals surface area contributed by atoms with Crippen LogP contribution in [0.4, 0.5) is 21.0 Å². The summed E-state index contributed by atoms with van der Waals surface area (Å²) in [5, 5.41) is 8.68. The molecular weight excluding hydrogens is 320 g/mol. The number of amides is 3. The molecule has 0 radical (unpaired) electrons. The first kappa shape index (κ1) is 20.6. The molecule has 140 valence electrons. The van der Waals surface area contributed by atoms with Gasteiger partial charge in [-0.2, -0.15) is 0 Å². The largest absolute Gasteiger partial charge is 0.444 e. The molecule has 1 rings (SSSR count). The summed E-state index contributed by atoms with van der Waals surface area (Å²) in [5.41, 5.74) is 6.15. The molecule has 0 aliphatic heterocycles. The van der Waals surface area contributed by atoms with Crippen molar-refractivity contribution in [2.45, 2.75) is 40.2 Å². The number of hydrogen-bond acceptors (Lipinski definition) is 4. The van der Waals surface area contributed by atoms with Crippen LogP contribution in [0.1, 0.15) is 34.6 Å². The second-order valence-electron chi connectivity index (χ2n) is 7.33. The predicted molar refractivity (Wildman–Crippen MR) is 101 cm³/mol.